The summed E-state index contributed by atoms with van der Waals surface area (Å²) < 4.78 is 1.41. The van der Waals surface area contributed by atoms with Crippen molar-refractivity contribution < 1.29 is 10.0 Å². The summed E-state index contributed by atoms with van der Waals surface area (Å²) in [6, 6.07) is 0. The van der Waals surface area contributed by atoms with Crippen LogP contribution in [0.5, 0.6) is 0 Å². The van der Waals surface area contributed by atoms with E-state index in [1.807, 2.05) is 0 Å². The number of rotatable bonds is 8. The van der Waals surface area contributed by atoms with Gasteiger partial charge in [-0.25, -0.2) is 0 Å². The molecule has 2 rings (SSSR count). The van der Waals surface area contributed by atoms with Crippen LogP contribution in [0.15, 0.2) is 12.4 Å². The fraction of sp³-hybridized carbons (Fsp3) is 0.786. The van der Waals surface area contributed by atoms with Gasteiger partial charge >= 0.3 is 5.69 Å². The van der Waals surface area contributed by atoms with Gasteiger partial charge in [0, 0.05) is 13.1 Å². The Morgan fingerprint density at radius 1 is 1.57 bits per heavy atom. The zero-order chi connectivity index (χ0) is 15.3. The molecule has 0 saturated heterocycles. The van der Waals surface area contributed by atoms with Crippen molar-refractivity contribution >= 4 is 5.69 Å². The number of hydrogen-bond acceptors (Lipinski definition) is 5. The number of aliphatic hydroxyl groups is 1. The molecule has 1 atom stereocenters. The van der Waals surface area contributed by atoms with E-state index < -0.39 is 11.0 Å². The van der Waals surface area contributed by atoms with Gasteiger partial charge in [0.1, 0.15) is 12.4 Å². The Morgan fingerprint density at radius 3 is 2.86 bits per heavy atom. The van der Waals surface area contributed by atoms with Gasteiger partial charge in [-0.05, 0) is 24.7 Å². The predicted octanol–water partition coefficient (Wildman–Crippen LogP) is 1.71. The second-order valence-electron chi connectivity index (χ2n) is 6.02. The summed E-state index contributed by atoms with van der Waals surface area (Å²) in [4.78, 5) is 10.1. The van der Waals surface area contributed by atoms with E-state index in [-0.39, 0.29) is 12.2 Å². The molecule has 1 fully saturated rings. The first-order valence-corrected chi connectivity index (χ1v) is 7.60. The average molecular weight is 296 g/mol. The van der Waals surface area contributed by atoms with Crippen LogP contribution in [-0.4, -0.2) is 39.0 Å². The van der Waals surface area contributed by atoms with E-state index in [1.54, 1.807) is 0 Å². The highest BCUT2D eigenvalue weighted by Gasteiger charge is 2.31. The molecule has 21 heavy (non-hydrogen) atoms. The summed E-state index contributed by atoms with van der Waals surface area (Å²) in [5, 5.41) is 27.8. The Bertz CT molecular complexity index is 469. The SMILES string of the molecule is CCC1(CNCC(O)Cn2cc([N+](=O)[O-])cn2)CCCC1. The zero-order valence-electron chi connectivity index (χ0n) is 12.5. The second kappa shape index (κ2) is 7.00. The van der Waals surface area contributed by atoms with Crippen LogP contribution in [0.4, 0.5) is 5.69 Å². The molecule has 1 unspecified atom stereocenters. The van der Waals surface area contributed by atoms with Crippen LogP contribution in [0.2, 0.25) is 0 Å². The molecule has 1 heterocycles. The van der Waals surface area contributed by atoms with E-state index in [9.17, 15) is 15.2 Å². The lowest BCUT2D eigenvalue weighted by molar-refractivity contribution is -0.385. The molecular formula is C14H24N4O3. The zero-order valence-corrected chi connectivity index (χ0v) is 12.5. The third-order valence-electron chi connectivity index (χ3n) is 4.52. The number of aromatic nitrogens is 2. The van der Waals surface area contributed by atoms with E-state index in [2.05, 4.69) is 17.3 Å². The van der Waals surface area contributed by atoms with Gasteiger partial charge in [-0.1, -0.05) is 19.8 Å². The standard InChI is InChI=1S/C14H24N4O3/c1-2-14(5-3-4-6-14)11-15-8-13(19)10-17-9-12(7-16-17)18(20)21/h7,9,13,15,19H,2-6,8,10-11H2,1H3. The first kappa shape index (κ1) is 15.9. The summed E-state index contributed by atoms with van der Waals surface area (Å²) >= 11 is 0. The van der Waals surface area contributed by atoms with Gasteiger partial charge in [-0.3, -0.25) is 14.8 Å². The molecule has 0 amide bonds. The summed E-state index contributed by atoms with van der Waals surface area (Å²) in [6.07, 6.45) is 8.24. The van der Waals surface area contributed by atoms with Gasteiger partial charge in [0.15, 0.2) is 0 Å². The molecule has 1 aromatic heterocycles. The monoisotopic (exact) mass is 296 g/mol. The normalized spacial score (nSPS) is 18.8. The molecule has 2 N–H and O–H groups in total. The second-order valence-corrected chi connectivity index (χ2v) is 6.02. The Labute approximate surface area is 124 Å². The van der Waals surface area contributed by atoms with E-state index in [0.717, 1.165) is 6.54 Å². The highest BCUT2D eigenvalue weighted by Crippen LogP contribution is 2.40. The average Bonchev–Trinajstić information content (AvgIpc) is 3.08. The number of aliphatic hydroxyl groups excluding tert-OH is 1. The molecular weight excluding hydrogens is 272 g/mol. The maximum atomic E-state index is 10.6. The van der Waals surface area contributed by atoms with Gasteiger partial charge in [0.05, 0.1) is 17.6 Å². The number of nitro groups is 1. The Morgan fingerprint density at radius 2 is 2.29 bits per heavy atom. The summed E-state index contributed by atoms with van der Waals surface area (Å²) in [5.41, 5.74) is 0.343. The Kier molecular flexibility index (Phi) is 5.30. The van der Waals surface area contributed by atoms with Crippen molar-refractivity contribution in [1.29, 1.82) is 0 Å². The van der Waals surface area contributed by atoms with Crippen LogP contribution in [0, 0.1) is 15.5 Å². The summed E-state index contributed by atoms with van der Waals surface area (Å²) in [5.74, 6) is 0. The molecule has 118 valence electrons. The molecule has 0 aliphatic heterocycles. The molecule has 1 aliphatic carbocycles. The smallest absolute Gasteiger partial charge is 0.306 e. The number of nitrogens with zero attached hydrogens (tertiary/aromatic N) is 3. The van der Waals surface area contributed by atoms with E-state index in [1.165, 1.54) is 49.2 Å². The van der Waals surface area contributed by atoms with Crippen LogP contribution in [-0.2, 0) is 6.54 Å². The van der Waals surface area contributed by atoms with Gasteiger partial charge in [-0.15, -0.1) is 0 Å². The van der Waals surface area contributed by atoms with E-state index in [4.69, 9.17) is 0 Å². The van der Waals surface area contributed by atoms with Crippen molar-refractivity contribution in [3.63, 3.8) is 0 Å². The first-order valence-electron chi connectivity index (χ1n) is 7.60. The lowest BCUT2D eigenvalue weighted by atomic mass is 9.83. The van der Waals surface area contributed by atoms with Crippen LogP contribution >= 0.6 is 0 Å². The van der Waals surface area contributed by atoms with Gasteiger partial charge in [-0.2, -0.15) is 5.10 Å². The molecule has 7 heteroatoms. The lowest BCUT2D eigenvalue weighted by Gasteiger charge is -2.28. The van der Waals surface area contributed by atoms with Crippen molar-refractivity contribution in [3.05, 3.63) is 22.5 Å². The summed E-state index contributed by atoms with van der Waals surface area (Å²) in [6.45, 7) is 3.90. The Hall–Kier alpha value is -1.47. The Balaban J connectivity index is 1.74. The number of nitrogens with one attached hydrogen (secondary N) is 1. The molecule has 0 bridgehead atoms. The molecule has 0 radical (unpaired) electrons. The van der Waals surface area contributed by atoms with Crippen molar-refractivity contribution in [1.82, 2.24) is 15.1 Å². The van der Waals surface area contributed by atoms with Crippen molar-refractivity contribution in [2.24, 2.45) is 5.41 Å². The van der Waals surface area contributed by atoms with Crippen LogP contribution in [0.3, 0.4) is 0 Å². The molecule has 0 aromatic carbocycles. The highest BCUT2D eigenvalue weighted by molar-refractivity contribution is 5.20. The minimum Gasteiger partial charge on any atom is -0.390 e. The van der Waals surface area contributed by atoms with E-state index >= 15 is 0 Å². The van der Waals surface area contributed by atoms with Crippen LogP contribution in [0.1, 0.15) is 39.0 Å². The minimum absolute atomic E-state index is 0.0500. The summed E-state index contributed by atoms with van der Waals surface area (Å²) in [7, 11) is 0. The first-order chi connectivity index (χ1) is 10.0. The number of hydrogen-bond donors (Lipinski definition) is 2. The largest absolute Gasteiger partial charge is 0.390 e. The van der Waals surface area contributed by atoms with Crippen LogP contribution < -0.4 is 5.32 Å². The predicted molar refractivity (Wildman–Crippen MR) is 78.9 cm³/mol. The third-order valence-corrected chi connectivity index (χ3v) is 4.52. The minimum atomic E-state index is -0.597. The van der Waals surface area contributed by atoms with Crippen molar-refractivity contribution in [3.8, 4) is 0 Å². The highest BCUT2D eigenvalue weighted by atomic mass is 16.6. The molecule has 1 aliphatic rings. The van der Waals surface area contributed by atoms with Gasteiger partial charge < -0.3 is 10.4 Å². The van der Waals surface area contributed by atoms with Crippen LogP contribution in [0.25, 0.3) is 0 Å². The fourth-order valence-electron chi connectivity index (χ4n) is 3.11. The molecule has 1 aromatic rings. The van der Waals surface area contributed by atoms with Crippen molar-refractivity contribution in [2.75, 3.05) is 13.1 Å². The third kappa shape index (κ3) is 4.25. The maximum absolute atomic E-state index is 10.6. The topological polar surface area (TPSA) is 93.2 Å². The molecule has 0 spiro atoms. The quantitative estimate of drug-likeness (QED) is 0.562. The fourth-order valence-corrected chi connectivity index (χ4v) is 3.11. The van der Waals surface area contributed by atoms with Gasteiger partial charge in [0.2, 0.25) is 0 Å². The van der Waals surface area contributed by atoms with E-state index in [0.29, 0.717) is 12.0 Å². The van der Waals surface area contributed by atoms with Crippen molar-refractivity contribution in [2.45, 2.75) is 51.7 Å². The lowest BCUT2D eigenvalue weighted by Crippen LogP contribution is -2.37. The van der Waals surface area contributed by atoms with Gasteiger partial charge in [0.25, 0.3) is 0 Å². The maximum Gasteiger partial charge on any atom is 0.306 e. The molecule has 1 saturated carbocycles. The molecule has 7 nitrogen and oxygen atoms in total.